The fourth-order valence-corrected chi connectivity index (χ4v) is 3.22. The highest BCUT2D eigenvalue weighted by atomic mass is 32.2. The first-order chi connectivity index (χ1) is 8.95. The van der Waals surface area contributed by atoms with Crippen LogP contribution in [0, 0.1) is 6.92 Å². The van der Waals surface area contributed by atoms with Crippen LogP contribution in [0.3, 0.4) is 0 Å². The predicted octanol–water partition coefficient (Wildman–Crippen LogP) is 0.639. The maximum Gasteiger partial charge on any atom is 0.301 e. The molecule has 0 fully saturated rings. The summed E-state index contributed by atoms with van der Waals surface area (Å²) in [5.41, 5.74) is 0.780. The Morgan fingerprint density at radius 2 is 1.75 bits per heavy atom. The lowest BCUT2D eigenvalue weighted by atomic mass is 10.2. The molecule has 7 nitrogen and oxygen atoms in total. The van der Waals surface area contributed by atoms with Gasteiger partial charge in [0, 0.05) is 13.1 Å². The molecule has 1 aromatic carbocycles. The number of primary sulfonamides is 1. The van der Waals surface area contributed by atoms with Gasteiger partial charge in [0.25, 0.3) is 0 Å². The van der Waals surface area contributed by atoms with E-state index < -0.39 is 20.2 Å². The van der Waals surface area contributed by atoms with Crippen LogP contribution in [0.5, 0.6) is 0 Å². The van der Waals surface area contributed by atoms with E-state index >= 15 is 0 Å². The zero-order chi connectivity index (χ0) is 15.7. The fourth-order valence-electron chi connectivity index (χ4n) is 1.42. The summed E-state index contributed by atoms with van der Waals surface area (Å²) < 4.78 is 50.1. The Bertz CT molecular complexity index is 696. The van der Waals surface area contributed by atoms with Crippen LogP contribution in [0.2, 0.25) is 0 Å². The third kappa shape index (κ3) is 3.92. The van der Waals surface area contributed by atoms with E-state index in [1.807, 2.05) is 0 Å². The fraction of sp³-hybridized carbons (Fsp3) is 0.455. The third-order valence-electron chi connectivity index (χ3n) is 2.87. The van der Waals surface area contributed by atoms with E-state index in [0.29, 0.717) is 11.3 Å². The SMILES string of the molecule is Cc1cc(S(N)(=O)=O)ccc1NS(=O)(=O)N(C)C(C)C. The first kappa shape index (κ1) is 16.9. The Labute approximate surface area is 120 Å². The number of nitrogens with two attached hydrogens (primary N) is 1. The average Bonchev–Trinajstić information content (AvgIpc) is 2.29. The first-order valence-corrected chi connectivity index (χ1v) is 8.83. The molecule has 0 aromatic heterocycles. The molecule has 114 valence electrons. The number of nitrogens with zero attached hydrogens (tertiary/aromatic N) is 1. The summed E-state index contributed by atoms with van der Waals surface area (Å²) in [6.45, 7) is 5.09. The van der Waals surface area contributed by atoms with Gasteiger partial charge in [0.1, 0.15) is 0 Å². The number of benzene rings is 1. The van der Waals surface area contributed by atoms with Crippen molar-refractivity contribution in [2.24, 2.45) is 5.14 Å². The van der Waals surface area contributed by atoms with Crippen molar-refractivity contribution in [3.8, 4) is 0 Å². The second kappa shape index (κ2) is 5.68. The summed E-state index contributed by atoms with van der Waals surface area (Å²) in [6.07, 6.45) is 0. The van der Waals surface area contributed by atoms with Crippen molar-refractivity contribution >= 4 is 25.9 Å². The Kier molecular flexibility index (Phi) is 4.80. The van der Waals surface area contributed by atoms with Crippen molar-refractivity contribution in [2.75, 3.05) is 11.8 Å². The van der Waals surface area contributed by atoms with Gasteiger partial charge >= 0.3 is 10.2 Å². The van der Waals surface area contributed by atoms with Gasteiger partial charge in [-0.25, -0.2) is 13.6 Å². The molecule has 3 N–H and O–H groups in total. The summed E-state index contributed by atoms with van der Waals surface area (Å²) in [5.74, 6) is 0. The average molecular weight is 321 g/mol. The van der Waals surface area contributed by atoms with Crippen LogP contribution in [0.25, 0.3) is 0 Å². The number of hydrogen-bond donors (Lipinski definition) is 2. The lowest BCUT2D eigenvalue weighted by Crippen LogP contribution is -2.37. The molecule has 0 aliphatic heterocycles. The molecule has 0 heterocycles. The van der Waals surface area contributed by atoms with Crippen molar-refractivity contribution in [3.63, 3.8) is 0 Å². The molecule has 20 heavy (non-hydrogen) atoms. The van der Waals surface area contributed by atoms with Gasteiger partial charge in [-0.3, -0.25) is 4.72 Å². The van der Waals surface area contributed by atoms with E-state index in [0.717, 1.165) is 0 Å². The van der Waals surface area contributed by atoms with Gasteiger partial charge in [-0.1, -0.05) is 0 Å². The van der Waals surface area contributed by atoms with Crippen LogP contribution >= 0.6 is 0 Å². The minimum Gasteiger partial charge on any atom is -0.271 e. The van der Waals surface area contributed by atoms with E-state index in [2.05, 4.69) is 4.72 Å². The normalized spacial score (nSPS) is 12.9. The van der Waals surface area contributed by atoms with E-state index in [1.165, 1.54) is 29.6 Å². The molecule has 0 atom stereocenters. The highest BCUT2D eigenvalue weighted by Crippen LogP contribution is 2.21. The predicted molar refractivity (Wildman–Crippen MR) is 78.0 cm³/mol. The van der Waals surface area contributed by atoms with Gasteiger partial charge in [-0.05, 0) is 44.5 Å². The number of nitrogens with one attached hydrogen (secondary N) is 1. The molecule has 1 rings (SSSR count). The van der Waals surface area contributed by atoms with Crippen LogP contribution < -0.4 is 9.86 Å². The maximum absolute atomic E-state index is 12.0. The molecule has 0 amide bonds. The summed E-state index contributed by atoms with van der Waals surface area (Å²) in [6, 6.07) is 3.76. The molecule has 0 unspecified atom stereocenters. The molecule has 0 saturated carbocycles. The molecule has 0 bridgehead atoms. The zero-order valence-corrected chi connectivity index (χ0v) is 13.4. The molecule has 0 aliphatic carbocycles. The summed E-state index contributed by atoms with van der Waals surface area (Å²) in [4.78, 5) is -0.0600. The van der Waals surface area contributed by atoms with Gasteiger partial charge in [0.2, 0.25) is 10.0 Å². The second-order valence-corrected chi connectivity index (χ2v) is 8.03. The second-order valence-electron chi connectivity index (χ2n) is 4.74. The summed E-state index contributed by atoms with van der Waals surface area (Å²) in [5, 5.41) is 5.02. The lowest BCUT2D eigenvalue weighted by Gasteiger charge is -2.22. The zero-order valence-electron chi connectivity index (χ0n) is 11.8. The Morgan fingerprint density at radius 3 is 2.15 bits per heavy atom. The van der Waals surface area contributed by atoms with E-state index in [1.54, 1.807) is 20.8 Å². The van der Waals surface area contributed by atoms with Crippen molar-refractivity contribution in [1.82, 2.24) is 4.31 Å². The van der Waals surface area contributed by atoms with E-state index in [4.69, 9.17) is 5.14 Å². The van der Waals surface area contributed by atoms with Gasteiger partial charge in [-0.2, -0.15) is 12.7 Å². The van der Waals surface area contributed by atoms with Gasteiger partial charge in [0.15, 0.2) is 0 Å². The van der Waals surface area contributed by atoms with Crippen molar-refractivity contribution in [1.29, 1.82) is 0 Å². The minimum atomic E-state index is -3.80. The van der Waals surface area contributed by atoms with Crippen molar-refractivity contribution < 1.29 is 16.8 Å². The van der Waals surface area contributed by atoms with Crippen LogP contribution in [-0.4, -0.2) is 34.2 Å². The third-order valence-corrected chi connectivity index (χ3v) is 5.44. The van der Waals surface area contributed by atoms with Crippen LogP contribution in [0.15, 0.2) is 23.1 Å². The van der Waals surface area contributed by atoms with Crippen LogP contribution in [-0.2, 0) is 20.2 Å². The van der Waals surface area contributed by atoms with Gasteiger partial charge < -0.3 is 0 Å². The number of hydrogen-bond acceptors (Lipinski definition) is 4. The Morgan fingerprint density at radius 1 is 1.20 bits per heavy atom. The topological polar surface area (TPSA) is 110 Å². The highest BCUT2D eigenvalue weighted by Gasteiger charge is 2.21. The van der Waals surface area contributed by atoms with Gasteiger partial charge in [-0.15, -0.1) is 0 Å². The molecule has 0 aliphatic rings. The van der Waals surface area contributed by atoms with E-state index in [-0.39, 0.29) is 10.9 Å². The number of aryl methyl sites for hydroxylation is 1. The molecule has 9 heteroatoms. The van der Waals surface area contributed by atoms with Crippen LogP contribution in [0.4, 0.5) is 5.69 Å². The monoisotopic (exact) mass is 321 g/mol. The van der Waals surface area contributed by atoms with Gasteiger partial charge in [0.05, 0.1) is 10.6 Å². The van der Waals surface area contributed by atoms with Crippen molar-refractivity contribution in [3.05, 3.63) is 23.8 Å². The number of sulfonamides is 1. The standard InChI is InChI=1S/C11H19N3O4S2/c1-8(2)14(4)20(17,18)13-11-6-5-10(7-9(11)3)19(12,15)16/h5-8,13H,1-4H3,(H2,12,15,16). The first-order valence-electron chi connectivity index (χ1n) is 5.84. The molecular weight excluding hydrogens is 302 g/mol. The largest absolute Gasteiger partial charge is 0.301 e. The van der Waals surface area contributed by atoms with Crippen molar-refractivity contribution in [2.45, 2.75) is 31.7 Å². The lowest BCUT2D eigenvalue weighted by molar-refractivity contribution is 0.414. The minimum absolute atomic E-state index is 0.0600. The number of anilines is 1. The Hall–Kier alpha value is -1.16. The molecule has 0 radical (unpaired) electrons. The van der Waals surface area contributed by atoms with Crippen LogP contribution in [0.1, 0.15) is 19.4 Å². The summed E-state index contributed by atoms with van der Waals surface area (Å²) >= 11 is 0. The quantitative estimate of drug-likeness (QED) is 0.829. The molecular formula is C11H19N3O4S2. The smallest absolute Gasteiger partial charge is 0.271 e. The highest BCUT2D eigenvalue weighted by molar-refractivity contribution is 7.90. The molecule has 0 saturated heterocycles. The molecule has 1 aromatic rings. The Balaban J connectivity index is 3.13. The number of rotatable bonds is 5. The summed E-state index contributed by atoms with van der Waals surface area (Å²) in [7, 11) is -6.02. The van der Waals surface area contributed by atoms with E-state index in [9.17, 15) is 16.8 Å². The maximum atomic E-state index is 12.0. The molecule has 0 spiro atoms.